The number of benzene rings is 1. The Bertz CT molecular complexity index is 910. The Hall–Kier alpha value is -2.32. The monoisotopic (exact) mass is 421 g/mol. The van der Waals surface area contributed by atoms with Gasteiger partial charge in [-0.1, -0.05) is 11.6 Å². The Labute approximate surface area is 174 Å². The van der Waals surface area contributed by atoms with Crippen LogP contribution in [-0.2, 0) is 17.8 Å². The van der Waals surface area contributed by atoms with Crippen LogP contribution in [0.4, 0.5) is 20.6 Å². The fourth-order valence-corrected chi connectivity index (χ4v) is 4.25. The molecule has 9 heteroatoms. The van der Waals surface area contributed by atoms with E-state index in [1.54, 1.807) is 4.90 Å². The van der Waals surface area contributed by atoms with E-state index in [9.17, 15) is 9.18 Å². The molecule has 2 aliphatic heterocycles. The number of halogens is 2. The van der Waals surface area contributed by atoms with E-state index in [0.29, 0.717) is 18.8 Å². The lowest BCUT2D eigenvalue weighted by molar-refractivity contribution is -0.00533. The summed E-state index contributed by atoms with van der Waals surface area (Å²) in [6.45, 7) is 8.75. The lowest BCUT2D eigenvalue weighted by atomic mass is 10.1. The second-order valence-corrected chi connectivity index (χ2v) is 8.26. The van der Waals surface area contributed by atoms with Crippen molar-refractivity contribution in [1.82, 2.24) is 14.7 Å². The van der Waals surface area contributed by atoms with Gasteiger partial charge < -0.3 is 19.9 Å². The number of hydrogen-bond donors (Lipinski definition) is 1. The zero-order valence-corrected chi connectivity index (χ0v) is 17.5. The average Bonchev–Trinajstić information content (AvgIpc) is 3.06. The third kappa shape index (κ3) is 4.04. The van der Waals surface area contributed by atoms with Gasteiger partial charge in [0.15, 0.2) is 0 Å². The van der Waals surface area contributed by atoms with Gasteiger partial charge in [0.25, 0.3) is 0 Å². The van der Waals surface area contributed by atoms with Gasteiger partial charge in [0.1, 0.15) is 5.82 Å². The van der Waals surface area contributed by atoms with Crippen molar-refractivity contribution >= 4 is 29.0 Å². The molecular formula is C20H25ClFN5O2. The van der Waals surface area contributed by atoms with Crippen LogP contribution in [0.5, 0.6) is 0 Å². The molecule has 2 aromatic rings. The summed E-state index contributed by atoms with van der Waals surface area (Å²) in [5, 5.41) is 7.34. The van der Waals surface area contributed by atoms with Crippen LogP contribution in [-0.4, -0.2) is 52.1 Å². The van der Waals surface area contributed by atoms with Crippen LogP contribution < -0.4 is 10.2 Å². The number of fused-ring (bicyclic) bond motifs is 1. The van der Waals surface area contributed by atoms with Crippen molar-refractivity contribution in [1.29, 1.82) is 0 Å². The van der Waals surface area contributed by atoms with Gasteiger partial charge in [0.05, 0.1) is 53.9 Å². The van der Waals surface area contributed by atoms with Gasteiger partial charge in [-0.15, -0.1) is 0 Å². The van der Waals surface area contributed by atoms with E-state index >= 15 is 0 Å². The molecule has 1 aromatic heterocycles. The molecular weight excluding hydrogens is 397 g/mol. The molecule has 29 heavy (non-hydrogen) atoms. The largest absolute Gasteiger partial charge is 0.372 e. The van der Waals surface area contributed by atoms with E-state index in [0.717, 1.165) is 24.5 Å². The van der Waals surface area contributed by atoms with E-state index in [2.05, 4.69) is 29.2 Å². The summed E-state index contributed by atoms with van der Waals surface area (Å²) in [5.41, 5.74) is 2.52. The smallest absolute Gasteiger partial charge is 0.322 e. The number of carbonyl (C=O) groups excluding carboxylic acids is 1. The number of urea groups is 1. The summed E-state index contributed by atoms with van der Waals surface area (Å²) < 4.78 is 21.2. The van der Waals surface area contributed by atoms with Gasteiger partial charge in [-0.25, -0.2) is 9.18 Å². The summed E-state index contributed by atoms with van der Waals surface area (Å²) in [7, 11) is 0. The Morgan fingerprint density at radius 1 is 1.24 bits per heavy atom. The van der Waals surface area contributed by atoms with Gasteiger partial charge in [0, 0.05) is 18.8 Å². The number of carbonyl (C=O) groups is 1. The van der Waals surface area contributed by atoms with Crippen LogP contribution in [0.15, 0.2) is 24.4 Å². The molecule has 1 fully saturated rings. The van der Waals surface area contributed by atoms with Gasteiger partial charge in [-0.3, -0.25) is 4.68 Å². The van der Waals surface area contributed by atoms with Crippen molar-refractivity contribution < 1.29 is 13.9 Å². The third-order valence-corrected chi connectivity index (χ3v) is 5.70. The fraction of sp³-hybridized carbons (Fsp3) is 0.500. The summed E-state index contributed by atoms with van der Waals surface area (Å²) in [4.78, 5) is 17.0. The molecule has 0 unspecified atom stereocenters. The Balaban J connectivity index is 1.53. The number of nitrogens with zero attached hydrogens (tertiary/aromatic N) is 4. The second-order valence-electron chi connectivity index (χ2n) is 7.86. The number of hydrogen-bond acceptors (Lipinski definition) is 4. The highest BCUT2D eigenvalue weighted by atomic mass is 35.5. The fourth-order valence-electron chi connectivity index (χ4n) is 4.07. The SMILES string of the molecule is C[C@@H]1CN(c2cnn3c2CN(C(=O)Nc2ccc(F)c(Cl)c2)[C@@H](C)C3)C[C@H](C)O1. The maximum absolute atomic E-state index is 13.4. The molecule has 3 heterocycles. The molecule has 1 saturated heterocycles. The minimum Gasteiger partial charge on any atom is -0.372 e. The summed E-state index contributed by atoms with van der Waals surface area (Å²) in [6, 6.07) is 3.87. The number of aromatic nitrogens is 2. The number of rotatable bonds is 2. The van der Waals surface area contributed by atoms with Crippen molar-refractivity contribution in [3.05, 3.63) is 40.9 Å². The molecule has 0 spiro atoms. The standard InChI is InChI=1S/C20H25ClFN5O2/c1-12-8-27-19(18(7-23-27)25-9-13(2)29-14(3)10-25)11-26(12)20(28)24-15-4-5-17(22)16(21)6-15/h4-7,12-14H,8-11H2,1-3H3,(H,24,28)/t12-,13-,14+/m0/s1. The van der Waals surface area contributed by atoms with Crippen LogP contribution in [0.1, 0.15) is 26.5 Å². The average molecular weight is 422 g/mol. The molecule has 0 radical (unpaired) electrons. The van der Waals surface area contributed by atoms with E-state index in [1.165, 1.54) is 18.2 Å². The predicted molar refractivity (Wildman–Crippen MR) is 110 cm³/mol. The van der Waals surface area contributed by atoms with Crippen LogP contribution in [0.2, 0.25) is 5.02 Å². The van der Waals surface area contributed by atoms with E-state index in [4.69, 9.17) is 16.3 Å². The lowest BCUT2D eigenvalue weighted by Crippen LogP contribution is -2.48. The number of nitrogens with one attached hydrogen (secondary N) is 1. The van der Waals surface area contributed by atoms with Crippen molar-refractivity contribution in [3.8, 4) is 0 Å². The first kappa shape index (κ1) is 20.0. The highest BCUT2D eigenvalue weighted by molar-refractivity contribution is 6.31. The van der Waals surface area contributed by atoms with Crippen LogP contribution in [0.3, 0.4) is 0 Å². The summed E-state index contributed by atoms with van der Waals surface area (Å²) >= 11 is 5.83. The maximum atomic E-state index is 13.4. The molecule has 3 atom stereocenters. The molecule has 1 aromatic carbocycles. The van der Waals surface area contributed by atoms with Crippen molar-refractivity contribution in [2.75, 3.05) is 23.3 Å². The number of anilines is 2. The Morgan fingerprint density at radius 2 is 1.97 bits per heavy atom. The normalized spacial score (nSPS) is 24.4. The first-order valence-corrected chi connectivity index (χ1v) is 10.2. The summed E-state index contributed by atoms with van der Waals surface area (Å²) in [6.07, 6.45) is 2.16. The van der Waals surface area contributed by atoms with Crippen molar-refractivity contribution in [2.45, 2.75) is 52.1 Å². The first-order chi connectivity index (χ1) is 13.8. The minimum absolute atomic E-state index is 0.0228. The number of morpholine rings is 1. The van der Waals surface area contributed by atoms with Gasteiger partial charge in [0.2, 0.25) is 0 Å². The van der Waals surface area contributed by atoms with Gasteiger partial charge in [-0.2, -0.15) is 5.10 Å². The van der Waals surface area contributed by atoms with E-state index < -0.39 is 5.82 Å². The molecule has 1 N–H and O–H groups in total. The quantitative estimate of drug-likeness (QED) is 0.802. The number of ether oxygens (including phenoxy) is 1. The molecule has 2 aliphatic rings. The molecule has 156 valence electrons. The maximum Gasteiger partial charge on any atom is 0.322 e. The predicted octanol–water partition coefficient (Wildman–Crippen LogP) is 3.73. The van der Waals surface area contributed by atoms with Crippen molar-refractivity contribution in [3.63, 3.8) is 0 Å². The zero-order valence-electron chi connectivity index (χ0n) is 16.7. The number of amides is 2. The lowest BCUT2D eigenvalue weighted by Gasteiger charge is -2.39. The van der Waals surface area contributed by atoms with Crippen molar-refractivity contribution in [2.24, 2.45) is 0 Å². The minimum atomic E-state index is -0.515. The third-order valence-electron chi connectivity index (χ3n) is 5.41. The Morgan fingerprint density at radius 3 is 2.66 bits per heavy atom. The second kappa shape index (κ2) is 7.84. The van der Waals surface area contributed by atoms with Gasteiger partial charge in [-0.05, 0) is 39.0 Å². The van der Waals surface area contributed by atoms with Crippen LogP contribution in [0.25, 0.3) is 0 Å². The topological polar surface area (TPSA) is 62.6 Å². The van der Waals surface area contributed by atoms with E-state index in [-0.39, 0.29) is 29.3 Å². The molecule has 0 bridgehead atoms. The molecule has 7 nitrogen and oxygen atoms in total. The zero-order chi connectivity index (χ0) is 20.7. The summed E-state index contributed by atoms with van der Waals surface area (Å²) in [5.74, 6) is -0.515. The Kier molecular flexibility index (Phi) is 5.40. The van der Waals surface area contributed by atoms with Crippen LogP contribution in [0, 0.1) is 5.82 Å². The molecule has 0 aliphatic carbocycles. The van der Waals surface area contributed by atoms with Gasteiger partial charge >= 0.3 is 6.03 Å². The highest BCUT2D eigenvalue weighted by Crippen LogP contribution is 2.30. The molecule has 0 saturated carbocycles. The highest BCUT2D eigenvalue weighted by Gasteiger charge is 2.32. The molecule has 2 amide bonds. The van der Waals surface area contributed by atoms with Crippen LogP contribution >= 0.6 is 11.6 Å². The first-order valence-electron chi connectivity index (χ1n) is 9.79. The molecule has 4 rings (SSSR count). The van der Waals surface area contributed by atoms with E-state index in [1.807, 2.05) is 17.8 Å².